The van der Waals surface area contributed by atoms with Gasteiger partial charge in [0, 0.05) is 34.6 Å². The minimum atomic E-state index is -3.07. The molecule has 0 saturated heterocycles. The molecule has 74 valence electrons. The number of benzene rings is 1. The summed E-state index contributed by atoms with van der Waals surface area (Å²) in [6.45, 7) is -8.69. The molecule has 0 radical (unpaired) electrons. The van der Waals surface area contributed by atoms with E-state index >= 15 is 0 Å². The molecule has 0 saturated carbocycles. The number of H-pyrrole nitrogens is 1. The third-order valence-corrected chi connectivity index (χ3v) is 2.10. The predicted octanol–water partition coefficient (Wildman–Crippen LogP) is 2.27. The van der Waals surface area contributed by atoms with Crippen LogP contribution in [0, 0.1) is 0 Å². The van der Waals surface area contributed by atoms with Gasteiger partial charge in [0.2, 0.25) is 0 Å². The lowest BCUT2D eigenvalue weighted by atomic mass is 10.1. The Kier molecular flexibility index (Phi) is 1.02. The lowest BCUT2D eigenvalue weighted by Gasteiger charge is -2.07. The van der Waals surface area contributed by atoms with Crippen LogP contribution in [0.5, 0.6) is 0 Å². The molecule has 2 heteroatoms. The van der Waals surface area contributed by atoms with Gasteiger partial charge in [-0.1, -0.05) is 18.2 Å². The SMILES string of the molecule is [2H]C([2H])([2H])N(C([2H])([2H])[2H])C([2H])([2H])Cc1c[nH]c2ccccc12. The molecule has 0 unspecified atom stereocenters. The highest BCUT2D eigenvalue weighted by molar-refractivity contribution is 5.83. The second-order valence-electron chi connectivity index (χ2n) is 3.03. The molecule has 0 aliphatic heterocycles. The second-order valence-corrected chi connectivity index (χ2v) is 3.03. The summed E-state index contributed by atoms with van der Waals surface area (Å²) in [6.07, 6.45) is 1.22. The Hall–Kier alpha value is -1.28. The van der Waals surface area contributed by atoms with Crippen LogP contribution in [-0.4, -0.2) is 30.3 Å². The number of hydrogen-bond donors (Lipinski definition) is 1. The van der Waals surface area contributed by atoms with Crippen LogP contribution in [0.4, 0.5) is 0 Å². The molecule has 14 heavy (non-hydrogen) atoms. The van der Waals surface area contributed by atoms with Crippen LogP contribution >= 0.6 is 0 Å². The lowest BCUT2D eigenvalue weighted by molar-refractivity contribution is 0.414. The Morgan fingerprint density at radius 1 is 1.43 bits per heavy atom. The van der Waals surface area contributed by atoms with Gasteiger partial charge in [-0.15, -0.1) is 0 Å². The Bertz CT molecular complexity index is 641. The molecule has 0 amide bonds. The zero-order valence-corrected chi connectivity index (χ0v) is 7.54. The van der Waals surface area contributed by atoms with Crippen molar-refractivity contribution in [2.75, 3.05) is 20.4 Å². The molecule has 0 aliphatic rings. The lowest BCUT2D eigenvalue weighted by Crippen LogP contribution is -2.14. The first-order chi connectivity index (χ1) is 9.93. The number of likely N-dealkylation sites (N-methyl/N-ethyl adjacent to an activating group) is 1. The van der Waals surface area contributed by atoms with Gasteiger partial charge in [-0.2, -0.15) is 0 Å². The maximum atomic E-state index is 8.00. The highest BCUT2D eigenvalue weighted by Gasteiger charge is 2.02. The van der Waals surface area contributed by atoms with E-state index < -0.39 is 20.4 Å². The summed E-state index contributed by atoms with van der Waals surface area (Å²) < 4.78 is 60.1. The van der Waals surface area contributed by atoms with Gasteiger partial charge in [-0.25, -0.2) is 0 Å². The van der Waals surface area contributed by atoms with E-state index in [-0.39, 0.29) is 11.3 Å². The number of rotatable bonds is 3. The van der Waals surface area contributed by atoms with E-state index in [0.29, 0.717) is 5.56 Å². The summed E-state index contributed by atoms with van der Waals surface area (Å²) in [5, 5.41) is 0.738. The van der Waals surface area contributed by atoms with E-state index in [9.17, 15) is 0 Å². The smallest absolute Gasteiger partial charge is 0.0456 e. The molecule has 2 rings (SSSR count). The fourth-order valence-corrected chi connectivity index (χ4v) is 1.44. The molecule has 0 fully saturated rings. The van der Waals surface area contributed by atoms with Crippen molar-refractivity contribution in [1.82, 2.24) is 9.88 Å². The first-order valence-electron chi connectivity index (χ1n) is 8.28. The van der Waals surface area contributed by atoms with E-state index in [1.54, 1.807) is 24.4 Å². The molecule has 1 aromatic carbocycles. The quantitative estimate of drug-likeness (QED) is 0.798. The molecule has 2 aromatic rings. The van der Waals surface area contributed by atoms with E-state index in [2.05, 4.69) is 4.98 Å². The summed E-state index contributed by atoms with van der Waals surface area (Å²) in [4.78, 5) is 2.94. The van der Waals surface area contributed by atoms with Crippen LogP contribution in [0.1, 0.15) is 16.5 Å². The number of aryl methyl sites for hydroxylation is 1. The number of fused-ring (bicyclic) bond motifs is 1. The third kappa shape index (κ3) is 1.80. The van der Waals surface area contributed by atoms with Gasteiger partial charge in [-0.3, -0.25) is 0 Å². The van der Waals surface area contributed by atoms with Crippen molar-refractivity contribution in [2.45, 2.75) is 6.42 Å². The third-order valence-electron chi connectivity index (χ3n) is 2.10. The van der Waals surface area contributed by atoms with Crippen molar-refractivity contribution in [1.29, 1.82) is 0 Å². The Morgan fingerprint density at radius 3 is 3.14 bits per heavy atom. The largest absolute Gasteiger partial charge is 0.361 e. The number of para-hydroxylation sites is 1. The fourth-order valence-electron chi connectivity index (χ4n) is 1.44. The minimum absolute atomic E-state index is 0.0191. The molecule has 0 bridgehead atoms. The zero-order chi connectivity index (χ0) is 16.8. The van der Waals surface area contributed by atoms with Gasteiger partial charge >= 0.3 is 0 Å². The predicted molar refractivity (Wildman–Crippen MR) is 60.6 cm³/mol. The van der Waals surface area contributed by atoms with Crippen molar-refractivity contribution in [2.24, 2.45) is 0 Å². The molecule has 0 spiro atoms. The van der Waals surface area contributed by atoms with Crippen LogP contribution in [0.15, 0.2) is 30.5 Å². The first-order valence-corrected chi connectivity index (χ1v) is 4.28. The van der Waals surface area contributed by atoms with Crippen molar-refractivity contribution in [3.8, 4) is 0 Å². The molecular weight excluding hydrogens is 172 g/mol. The molecule has 1 N–H and O–H groups in total. The average Bonchev–Trinajstić information content (AvgIpc) is 2.67. The number of nitrogens with one attached hydrogen (secondary N) is 1. The van der Waals surface area contributed by atoms with Gasteiger partial charge < -0.3 is 9.88 Å². The molecule has 2 nitrogen and oxygen atoms in total. The molecule has 0 aliphatic carbocycles. The van der Waals surface area contributed by atoms with E-state index in [4.69, 9.17) is 11.0 Å². The summed E-state index contributed by atoms with van der Waals surface area (Å²) >= 11 is 0. The van der Waals surface area contributed by atoms with Crippen LogP contribution < -0.4 is 0 Å². The Labute approximate surface area is 95.8 Å². The Balaban J connectivity index is 2.40. The van der Waals surface area contributed by atoms with Crippen molar-refractivity contribution < 1.29 is 11.0 Å². The summed E-state index contributed by atoms with van der Waals surface area (Å²) in [6, 6.07) is 7.17. The Morgan fingerprint density at radius 2 is 2.29 bits per heavy atom. The zero-order valence-electron chi connectivity index (χ0n) is 15.5. The number of hydrogen-bond acceptors (Lipinski definition) is 1. The van der Waals surface area contributed by atoms with Crippen molar-refractivity contribution in [3.05, 3.63) is 36.0 Å². The van der Waals surface area contributed by atoms with Gasteiger partial charge in [-0.05, 0) is 32.0 Å². The number of aromatic amines is 1. The monoisotopic (exact) mass is 196 g/mol. The maximum absolute atomic E-state index is 8.00. The van der Waals surface area contributed by atoms with Crippen LogP contribution in [0.25, 0.3) is 10.9 Å². The summed E-state index contributed by atoms with van der Waals surface area (Å²) in [7, 11) is 0. The molecular formula is C12H16N2. The van der Waals surface area contributed by atoms with E-state index in [1.807, 2.05) is 6.07 Å². The minimum Gasteiger partial charge on any atom is -0.361 e. The highest BCUT2D eigenvalue weighted by Crippen LogP contribution is 2.17. The van der Waals surface area contributed by atoms with Crippen molar-refractivity contribution in [3.63, 3.8) is 0 Å². The maximum Gasteiger partial charge on any atom is 0.0456 e. The van der Waals surface area contributed by atoms with Crippen LogP contribution in [0.2, 0.25) is 0 Å². The van der Waals surface area contributed by atoms with Crippen molar-refractivity contribution >= 4 is 10.9 Å². The summed E-state index contributed by atoms with van der Waals surface area (Å²) in [5.74, 6) is 0. The standard InChI is InChI=1S/C12H16N2/c1-14(2)8-7-10-9-13-12-6-4-3-5-11(10)12/h3-6,9,13H,7-8H2,1-2H3/i1D3,2D3,8D2. The van der Waals surface area contributed by atoms with Gasteiger partial charge in [0.1, 0.15) is 0 Å². The second kappa shape index (κ2) is 3.84. The fraction of sp³-hybridized carbons (Fsp3) is 0.333. The average molecular weight is 196 g/mol. The number of nitrogens with zero attached hydrogens (tertiary/aromatic N) is 1. The molecule has 1 heterocycles. The first kappa shape index (κ1) is 3.70. The van der Waals surface area contributed by atoms with Gasteiger partial charge in [0.15, 0.2) is 0 Å². The normalized spacial score (nSPS) is 22.6. The van der Waals surface area contributed by atoms with Crippen LogP contribution in [0.3, 0.4) is 0 Å². The topological polar surface area (TPSA) is 19.0 Å². The van der Waals surface area contributed by atoms with Gasteiger partial charge in [0.25, 0.3) is 0 Å². The van der Waals surface area contributed by atoms with Gasteiger partial charge in [0.05, 0.1) is 0 Å². The van der Waals surface area contributed by atoms with E-state index in [1.165, 1.54) is 0 Å². The summed E-state index contributed by atoms with van der Waals surface area (Å²) in [5.41, 5.74) is 1.31. The number of aromatic nitrogens is 1. The highest BCUT2D eigenvalue weighted by atomic mass is 15.0. The van der Waals surface area contributed by atoms with E-state index in [0.717, 1.165) is 10.9 Å². The van der Waals surface area contributed by atoms with Crippen LogP contribution in [-0.2, 0) is 6.42 Å². The molecule has 0 atom stereocenters. The molecule has 1 aromatic heterocycles.